The standard InChI is InChI=1S/C14H27N2O/c1-5-13(6-2)12(3)15(4)14(16(13)17)10-8-7-9-11-14/h12H,5-11H2,1-4H3. The van der Waals surface area contributed by atoms with Gasteiger partial charge in [-0.3, -0.25) is 4.90 Å². The molecule has 2 fully saturated rings. The second-order valence-electron chi connectivity index (χ2n) is 5.94. The maximum absolute atomic E-state index is 13.0. The summed E-state index contributed by atoms with van der Waals surface area (Å²) >= 11 is 0. The van der Waals surface area contributed by atoms with Gasteiger partial charge in [0.15, 0.2) is 0 Å². The molecule has 2 rings (SSSR count). The predicted molar refractivity (Wildman–Crippen MR) is 68.9 cm³/mol. The van der Waals surface area contributed by atoms with Crippen LogP contribution in [0, 0.1) is 0 Å². The summed E-state index contributed by atoms with van der Waals surface area (Å²) in [5.41, 5.74) is -0.351. The molecule has 1 aliphatic carbocycles. The molecule has 1 aliphatic heterocycles. The summed E-state index contributed by atoms with van der Waals surface area (Å²) < 4.78 is 0. The molecule has 0 N–H and O–H groups in total. The number of rotatable bonds is 2. The van der Waals surface area contributed by atoms with Crippen LogP contribution in [-0.4, -0.2) is 34.3 Å². The van der Waals surface area contributed by atoms with Gasteiger partial charge in [0.2, 0.25) is 0 Å². The molecule has 0 bridgehead atoms. The highest BCUT2D eigenvalue weighted by molar-refractivity contribution is 5.10. The van der Waals surface area contributed by atoms with Gasteiger partial charge in [0.1, 0.15) is 5.66 Å². The lowest BCUT2D eigenvalue weighted by Gasteiger charge is -2.43. The first kappa shape index (κ1) is 13.3. The van der Waals surface area contributed by atoms with Crippen LogP contribution in [0.2, 0.25) is 0 Å². The van der Waals surface area contributed by atoms with E-state index in [9.17, 15) is 5.21 Å². The Morgan fingerprint density at radius 3 is 2.06 bits per heavy atom. The maximum atomic E-state index is 13.0. The quantitative estimate of drug-likeness (QED) is 0.740. The van der Waals surface area contributed by atoms with E-state index in [-0.39, 0.29) is 11.2 Å². The molecule has 0 aromatic heterocycles. The molecule has 1 unspecified atom stereocenters. The van der Waals surface area contributed by atoms with Gasteiger partial charge >= 0.3 is 0 Å². The maximum Gasteiger partial charge on any atom is 0.102 e. The van der Waals surface area contributed by atoms with E-state index < -0.39 is 0 Å². The lowest BCUT2D eigenvalue weighted by molar-refractivity contribution is -0.283. The van der Waals surface area contributed by atoms with Crippen molar-refractivity contribution < 1.29 is 5.21 Å². The van der Waals surface area contributed by atoms with Crippen LogP contribution in [0.15, 0.2) is 0 Å². The van der Waals surface area contributed by atoms with E-state index in [0.717, 1.165) is 25.7 Å². The number of likely N-dealkylation sites (N-methyl/N-ethyl adjacent to an activating group) is 1. The molecule has 1 radical (unpaired) electrons. The summed E-state index contributed by atoms with van der Waals surface area (Å²) in [6, 6.07) is 0.369. The van der Waals surface area contributed by atoms with Crippen LogP contribution in [0.5, 0.6) is 0 Å². The highest BCUT2D eigenvalue weighted by Crippen LogP contribution is 2.50. The van der Waals surface area contributed by atoms with E-state index in [1.54, 1.807) is 0 Å². The Bertz CT molecular complexity index is 269. The monoisotopic (exact) mass is 239 g/mol. The smallest absolute Gasteiger partial charge is 0.102 e. The normalized spacial score (nSPS) is 33.4. The second kappa shape index (κ2) is 4.52. The van der Waals surface area contributed by atoms with Gasteiger partial charge in [0.25, 0.3) is 0 Å². The largest absolute Gasteiger partial charge is 0.282 e. The topological polar surface area (TPSA) is 26.4 Å². The Balaban J connectivity index is 2.36. The second-order valence-corrected chi connectivity index (χ2v) is 5.94. The summed E-state index contributed by atoms with van der Waals surface area (Å²) in [6.45, 7) is 6.57. The molecule has 3 heteroatoms. The van der Waals surface area contributed by atoms with Crippen molar-refractivity contribution in [3.8, 4) is 0 Å². The lowest BCUT2D eigenvalue weighted by Crippen LogP contribution is -2.55. The van der Waals surface area contributed by atoms with Gasteiger partial charge in [-0.05, 0) is 39.7 Å². The SMILES string of the molecule is CCC1(CC)C(C)N(C)C2(CCCCC2)N1[O]. The third kappa shape index (κ3) is 1.59. The minimum absolute atomic E-state index is 0.161. The van der Waals surface area contributed by atoms with Crippen molar-refractivity contribution in [3.05, 3.63) is 0 Å². The van der Waals surface area contributed by atoms with Gasteiger partial charge in [0, 0.05) is 6.04 Å². The number of hydroxylamine groups is 2. The molecule has 1 saturated heterocycles. The molecule has 0 amide bonds. The van der Waals surface area contributed by atoms with Crippen molar-refractivity contribution in [3.63, 3.8) is 0 Å². The average molecular weight is 239 g/mol. The van der Waals surface area contributed by atoms with E-state index >= 15 is 0 Å². The third-order valence-electron chi connectivity index (χ3n) is 5.68. The number of nitrogens with zero attached hydrogens (tertiary/aromatic N) is 2. The van der Waals surface area contributed by atoms with Crippen molar-refractivity contribution in [2.75, 3.05) is 7.05 Å². The van der Waals surface area contributed by atoms with E-state index in [2.05, 4.69) is 32.7 Å². The zero-order valence-corrected chi connectivity index (χ0v) is 11.8. The zero-order chi connectivity index (χ0) is 12.7. The first-order chi connectivity index (χ1) is 8.05. The third-order valence-corrected chi connectivity index (χ3v) is 5.68. The molecular formula is C14H27N2O. The van der Waals surface area contributed by atoms with Crippen molar-refractivity contribution in [2.45, 2.75) is 83.0 Å². The highest BCUT2D eigenvalue weighted by Gasteiger charge is 2.61. The van der Waals surface area contributed by atoms with Crippen LogP contribution in [0.1, 0.15) is 65.7 Å². The first-order valence-electron chi connectivity index (χ1n) is 7.25. The van der Waals surface area contributed by atoms with Crippen molar-refractivity contribution in [1.29, 1.82) is 0 Å². The van der Waals surface area contributed by atoms with E-state index in [4.69, 9.17) is 0 Å². The van der Waals surface area contributed by atoms with E-state index in [0.29, 0.717) is 6.04 Å². The van der Waals surface area contributed by atoms with Gasteiger partial charge in [-0.2, -0.15) is 0 Å². The molecule has 0 aromatic carbocycles. The Labute approximate surface area is 106 Å². The Morgan fingerprint density at radius 1 is 1.12 bits per heavy atom. The predicted octanol–water partition coefficient (Wildman–Crippen LogP) is 3.19. The Morgan fingerprint density at radius 2 is 1.65 bits per heavy atom. The van der Waals surface area contributed by atoms with Gasteiger partial charge in [0.05, 0.1) is 5.54 Å². The molecule has 2 aliphatic rings. The molecular weight excluding hydrogens is 212 g/mol. The van der Waals surface area contributed by atoms with Crippen LogP contribution in [0.25, 0.3) is 0 Å². The average Bonchev–Trinajstić information content (AvgIpc) is 2.52. The molecule has 17 heavy (non-hydrogen) atoms. The van der Waals surface area contributed by atoms with Gasteiger partial charge in [-0.1, -0.05) is 33.1 Å². The molecule has 1 saturated carbocycles. The fourth-order valence-electron chi connectivity index (χ4n) is 4.25. The molecule has 0 aromatic rings. The Kier molecular flexibility index (Phi) is 3.54. The summed E-state index contributed by atoms with van der Waals surface area (Å²) in [5, 5.41) is 14.5. The summed E-state index contributed by atoms with van der Waals surface area (Å²) in [6.07, 6.45) is 7.74. The summed E-state index contributed by atoms with van der Waals surface area (Å²) in [4.78, 5) is 2.38. The van der Waals surface area contributed by atoms with Gasteiger partial charge in [-0.25, -0.2) is 0 Å². The van der Waals surface area contributed by atoms with Crippen molar-refractivity contribution in [2.24, 2.45) is 0 Å². The molecule has 1 spiro atoms. The van der Waals surface area contributed by atoms with Crippen LogP contribution >= 0.6 is 0 Å². The fourth-order valence-corrected chi connectivity index (χ4v) is 4.25. The van der Waals surface area contributed by atoms with Gasteiger partial charge in [-0.15, -0.1) is 10.3 Å². The first-order valence-corrected chi connectivity index (χ1v) is 7.25. The minimum Gasteiger partial charge on any atom is -0.282 e. The summed E-state index contributed by atoms with van der Waals surface area (Å²) in [7, 11) is 2.16. The molecule has 1 atom stereocenters. The molecule has 1 heterocycles. The fraction of sp³-hybridized carbons (Fsp3) is 1.00. The van der Waals surface area contributed by atoms with Crippen LogP contribution in [0.3, 0.4) is 0 Å². The van der Waals surface area contributed by atoms with Gasteiger partial charge < -0.3 is 0 Å². The lowest BCUT2D eigenvalue weighted by atomic mass is 9.85. The van der Waals surface area contributed by atoms with E-state index in [1.165, 1.54) is 24.3 Å². The molecule has 3 nitrogen and oxygen atoms in total. The molecule has 99 valence electrons. The summed E-state index contributed by atoms with van der Waals surface area (Å²) in [5.74, 6) is 0. The Hall–Kier alpha value is -0.120. The van der Waals surface area contributed by atoms with E-state index in [1.807, 2.05) is 0 Å². The number of hydrogen-bond donors (Lipinski definition) is 0. The number of hydrogen-bond acceptors (Lipinski definition) is 2. The van der Waals surface area contributed by atoms with Crippen molar-refractivity contribution >= 4 is 0 Å². The van der Waals surface area contributed by atoms with Crippen LogP contribution in [-0.2, 0) is 5.21 Å². The minimum atomic E-state index is -0.191. The van der Waals surface area contributed by atoms with Crippen molar-refractivity contribution in [1.82, 2.24) is 9.96 Å². The highest BCUT2D eigenvalue weighted by atomic mass is 16.5. The zero-order valence-electron chi connectivity index (χ0n) is 11.8. The van der Waals surface area contributed by atoms with Crippen LogP contribution in [0.4, 0.5) is 0 Å². The van der Waals surface area contributed by atoms with Crippen LogP contribution < -0.4 is 0 Å².